The lowest BCUT2D eigenvalue weighted by Crippen LogP contribution is -2.38. The normalized spacial score (nSPS) is 13.8. The van der Waals surface area contributed by atoms with E-state index in [-0.39, 0.29) is 31.8 Å². The van der Waals surface area contributed by atoms with E-state index in [2.05, 4.69) is 0 Å². The van der Waals surface area contributed by atoms with Crippen molar-refractivity contribution in [3.63, 3.8) is 0 Å². The Labute approximate surface area is 186 Å². The van der Waals surface area contributed by atoms with Gasteiger partial charge in [-0.2, -0.15) is 8.42 Å². The smallest absolute Gasteiger partial charge is 0.283 e. The fourth-order valence-electron chi connectivity index (χ4n) is 3.19. The number of halogens is 4. The molecule has 0 bridgehead atoms. The van der Waals surface area contributed by atoms with Gasteiger partial charge in [-0.25, -0.2) is 0 Å². The monoisotopic (exact) mass is 492 g/mol. The molecule has 0 saturated carbocycles. The minimum Gasteiger partial charge on any atom is -0.508 e. The van der Waals surface area contributed by atoms with E-state index in [9.17, 15) is 23.2 Å². The van der Waals surface area contributed by atoms with Crippen molar-refractivity contribution >= 4 is 56.5 Å². The third-order valence-corrected chi connectivity index (χ3v) is 7.16. The van der Waals surface area contributed by atoms with Crippen LogP contribution in [-0.4, -0.2) is 23.2 Å². The highest BCUT2D eigenvalue weighted by Gasteiger charge is 2.52. The van der Waals surface area contributed by atoms with E-state index in [1.54, 1.807) is 0 Å². The van der Waals surface area contributed by atoms with Crippen molar-refractivity contribution < 1.29 is 23.2 Å². The molecule has 0 aliphatic rings. The van der Waals surface area contributed by atoms with Crippen molar-refractivity contribution in [1.82, 2.24) is 0 Å². The Bertz CT molecular complexity index is 1200. The highest BCUT2D eigenvalue weighted by molar-refractivity contribution is 7.87. The summed E-state index contributed by atoms with van der Waals surface area (Å²) in [5.41, 5.74) is -0.606. The van der Waals surface area contributed by atoms with Gasteiger partial charge >= 0.3 is 0 Å². The maximum absolute atomic E-state index is 12.9. The number of phenolic OH excluding ortho intramolecular Hbond substituents is 2. The first-order valence-electron chi connectivity index (χ1n) is 7.89. The minimum atomic E-state index is -5.09. The molecule has 0 aromatic heterocycles. The topological polar surface area (TPSA) is 94.8 Å². The maximum Gasteiger partial charge on any atom is 0.283 e. The largest absolute Gasteiger partial charge is 0.508 e. The summed E-state index contributed by atoms with van der Waals surface area (Å²) in [5, 5.41) is 21.3. The number of phenols is 2. The third-order valence-electron chi connectivity index (χ3n) is 4.43. The van der Waals surface area contributed by atoms with Crippen LogP contribution in [0.25, 0.3) is 0 Å². The standard InChI is InChI=1S/C19H12Cl4O5S/c20-11-3-1-10(2-4-11)19(29(26,27)28,13-6-5-12(21)9-16(13)24)14-7-8-15(22)17(23)18(14)25/h1-9,24-25H,(H,26,27,28). The molecule has 1 atom stereocenters. The minimum absolute atomic E-state index is 0.0179. The van der Waals surface area contributed by atoms with Crippen LogP contribution in [0.5, 0.6) is 11.5 Å². The molecule has 0 aliphatic carbocycles. The molecule has 10 heteroatoms. The number of hydrogen-bond acceptors (Lipinski definition) is 4. The average Bonchev–Trinajstić information content (AvgIpc) is 2.63. The van der Waals surface area contributed by atoms with Crippen LogP contribution in [0.2, 0.25) is 20.1 Å². The van der Waals surface area contributed by atoms with Gasteiger partial charge in [-0.05, 0) is 35.9 Å². The lowest BCUT2D eigenvalue weighted by molar-refractivity contribution is 0.428. The van der Waals surface area contributed by atoms with Crippen LogP contribution in [0.15, 0.2) is 54.6 Å². The van der Waals surface area contributed by atoms with Crippen molar-refractivity contribution in [1.29, 1.82) is 0 Å². The van der Waals surface area contributed by atoms with Crippen molar-refractivity contribution in [3.8, 4) is 11.5 Å². The van der Waals surface area contributed by atoms with Crippen LogP contribution in [0.1, 0.15) is 16.7 Å². The summed E-state index contributed by atoms with van der Waals surface area (Å²) in [7, 11) is -5.09. The first-order valence-corrected chi connectivity index (χ1v) is 10.8. The summed E-state index contributed by atoms with van der Waals surface area (Å²) < 4.78 is 33.8. The van der Waals surface area contributed by atoms with Crippen molar-refractivity contribution in [2.45, 2.75) is 4.75 Å². The predicted molar refractivity (Wildman–Crippen MR) is 114 cm³/mol. The molecule has 0 aliphatic heterocycles. The van der Waals surface area contributed by atoms with E-state index >= 15 is 0 Å². The van der Waals surface area contributed by atoms with Gasteiger partial charge in [0.05, 0.1) is 5.02 Å². The number of hydrogen-bond donors (Lipinski definition) is 3. The fraction of sp³-hybridized carbons (Fsp3) is 0.0526. The Morgan fingerprint density at radius 1 is 0.759 bits per heavy atom. The molecule has 0 radical (unpaired) electrons. The SMILES string of the molecule is O=S(=O)(O)C(c1ccc(Cl)cc1)(c1ccc(Cl)cc1O)c1ccc(Cl)c(Cl)c1O. The summed E-state index contributed by atoms with van der Waals surface area (Å²) >= 11 is 23.8. The molecule has 0 spiro atoms. The molecule has 5 nitrogen and oxygen atoms in total. The Balaban J connectivity index is 2.59. The van der Waals surface area contributed by atoms with Crippen LogP contribution in [-0.2, 0) is 14.9 Å². The van der Waals surface area contributed by atoms with Crippen molar-refractivity contribution in [2.75, 3.05) is 0 Å². The zero-order chi connectivity index (χ0) is 21.6. The Kier molecular flexibility index (Phi) is 5.98. The Morgan fingerprint density at radius 3 is 1.86 bits per heavy atom. The van der Waals surface area contributed by atoms with Gasteiger partial charge < -0.3 is 10.2 Å². The summed E-state index contributed by atoms with van der Waals surface area (Å²) in [6, 6.07) is 11.6. The van der Waals surface area contributed by atoms with Gasteiger partial charge in [-0.1, -0.05) is 70.7 Å². The van der Waals surface area contributed by atoms with Crippen LogP contribution in [0.3, 0.4) is 0 Å². The van der Waals surface area contributed by atoms with Gasteiger partial charge in [-0.15, -0.1) is 0 Å². The highest BCUT2D eigenvalue weighted by Crippen LogP contribution is 2.52. The van der Waals surface area contributed by atoms with E-state index in [1.165, 1.54) is 48.5 Å². The molecular formula is C19H12Cl4O5S. The highest BCUT2D eigenvalue weighted by atomic mass is 35.5. The first-order chi connectivity index (χ1) is 13.5. The van der Waals surface area contributed by atoms with Crippen molar-refractivity contribution in [3.05, 3.63) is 91.4 Å². The van der Waals surface area contributed by atoms with Gasteiger partial charge in [0.15, 0.2) is 4.75 Å². The second-order valence-corrected chi connectivity index (χ2v) is 9.30. The van der Waals surface area contributed by atoms with Gasteiger partial charge in [0, 0.05) is 21.2 Å². The van der Waals surface area contributed by atoms with E-state index in [4.69, 9.17) is 46.4 Å². The van der Waals surface area contributed by atoms with Crippen LogP contribution >= 0.6 is 46.4 Å². The average molecular weight is 494 g/mol. The molecule has 1 unspecified atom stereocenters. The van der Waals surface area contributed by atoms with Gasteiger partial charge in [0.1, 0.15) is 16.5 Å². The van der Waals surface area contributed by atoms with Gasteiger partial charge in [0.25, 0.3) is 10.1 Å². The third kappa shape index (κ3) is 3.65. The molecule has 0 saturated heterocycles. The number of benzene rings is 3. The molecule has 3 rings (SSSR count). The fourth-order valence-corrected chi connectivity index (χ4v) is 5.13. The van der Waals surface area contributed by atoms with Crippen LogP contribution in [0.4, 0.5) is 0 Å². The van der Waals surface area contributed by atoms with Gasteiger partial charge in [0.2, 0.25) is 0 Å². The van der Waals surface area contributed by atoms with Crippen LogP contribution in [0, 0.1) is 0 Å². The molecule has 3 aromatic rings. The predicted octanol–water partition coefficient (Wildman–Crippen LogP) is 5.89. The Hall–Kier alpha value is -1.67. The molecule has 0 fully saturated rings. The molecule has 29 heavy (non-hydrogen) atoms. The van der Waals surface area contributed by atoms with E-state index in [1.807, 2.05) is 0 Å². The summed E-state index contributed by atoms with van der Waals surface area (Å²) in [5.74, 6) is -1.21. The second-order valence-electron chi connectivity index (χ2n) is 6.08. The molecule has 3 aromatic carbocycles. The van der Waals surface area contributed by atoms with Gasteiger partial charge in [-0.3, -0.25) is 4.55 Å². The number of aromatic hydroxyl groups is 2. The zero-order valence-electron chi connectivity index (χ0n) is 14.3. The Morgan fingerprint density at radius 2 is 1.31 bits per heavy atom. The lowest BCUT2D eigenvalue weighted by atomic mass is 9.83. The summed E-state index contributed by atoms with van der Waals surface area (Å²) in [6.07, 6.45) is 0. The maximum atomic E-state index is 12.9. The first kappa shape index (κ1) is 22.0. The van der Waals surface area contributed by atoms with E-state index in [0.29, 0.717) is 5.02 Å². The molecule has 152 valence electrons. The zero-order valence-corrected chi connectivity index (χ0v) is 18.1. The number of rotatable bonds is 4. The molecular weight excluding hydrogens is 482 g/mol. The molecule has 0 amide bonds. The lowest BCUT2D eigenvalue weighted by Gasteiger charge is -2.33. The second kappa shape index (κ2) is 7.87. The molecule has 0 heterocycles. The summed E-state index contributed by atoms with van der Waals surface area (Å²) in [4.78, 5) is 0. The molecule has 3 N–H and O–H groups in total. The summed E-state index contributed by atoms with van der Waals surface area (Å²) in [6.45, 7) is 0. The quantitative estimate of drug-likeness (QED) is 0.311. The van der Waals surface area contributed by atoms with E-state index < -0.39 is 26.4 Å². The van der Waals surface area contributed by atoms with E-state index in [0.717, 1.165) is 6.07 Å². The van der Waals surface area contributed by atoms with Crippen molar-refractivity contribution in [2.24, 2.45) is 0 Å². The van der Waals surface area contributed by atoms with Crippen LogP contribution < -0.4 is 0 Å².